The summed E-state index contributed by atoms with van der Waals surface area (Å²) in [5.41, 5.74) is 3.84. The van der Waals surface area contributed by atoms with E-state index in [1.165, 1.54) is 11.1 Å². The van der Waals surface area contributed by atoms with Crippen LogP contribution in [0.15, 0.2) is 30.5 Å². The van der Waals surface area contributed by atoms with Crippen LogP contribution in [0.1, 0.15) is 30.7 Å². The highest BCUT2D eigenvalue weighted by atomic mass is 15.2. The summed E-state index contributed by atoms with van der Waals surface area (Å²) in [7, 11) is 0. The molecular weight excluding hydrogens is 222 g/mol. The standard InChI is InChI=1S/C15H21N3/c1-4-13-8-6-7-9-14(13)11-18-10-12(3)17-15(18)16-5-2/h6-10H,4-5,11H2,1-3H3,(H,16,17). The molecule has 0 bridgehead atoms. The molecule has 18 heavy (non-hydrogen) atoms. The number of aromatic nitrogens is 2. The van der Waals surface area contributed by atoms with Crippen molar-refractivity contribution in [2.24, 2.45) is 0 Å². The molecule has 96 valence electrons. The molecule has 0 unspecified atom stereocenters. The molecule has 2 rings (SSSR count). The highest BCUT2D eigenvalue weighted by Gasteiger charge is 2.07. The molecule has 1 aromatic heterocycles. The third-order valence-corrected chi connectivity index (χ3v) is 3.07. The summed E-state index contributed by atoms with van der Waals surface area (Å²) in [6.45, 7) is 8.10. The van der Waals surface area contributed by atoms with E-state index in [0.717, 1.165) is 31.2 Å². The Kier molecular flexibility index (Phi) is 4.03. The van der Waals surface area contributed by atoms with Crippen LogP contribution in [0.5, 0.6) is 0 Å². The van der Waals surface area contributed by atoms with Crippen LogP contribution < -0.4 is 5.32 Å². The third-order valence-electron chi connectivity index (χ3n) is 3.07. The predicted octanol–water partition coefficient (Wildman–Crippen LogP) is 3.23. The van der Waals surface area contributed by atoms with Crippen LogP contribution in [-0.4, -0.2) is 16.1 Å². The van der Waals surface area contributed by atoms with E-state index in [0.29, 0.717) is 0 Å². The zero-order valence-electron chi connectivity index (χ0n) is 11.4. The quantitative estimate of drug-likeness (QED) is 0.873. The highest BCUT2D eigenvalue weighted by Crippen LogP contribution is 2.15. The van der Waals surface area contributed by atoms with Crippen LogP contribution in [-0.2, 0) is 13.0 Å². The number of imidazole rings is 1. The van der Waals surface area contributed by atoms with Gasteiger partial charge in [0.15, 0.2) is 0 Å². The Morgan fingerprint density at radius 2 is 1.89 bits per heavy atom. The number of nitrogens with zero attached hydrogens (tertiary/aromatic N) is 2. The van der Waals surface area contributed by atoms with E-state index in [4.69, 9.17) is 0 Å². The summed E-state index contributed by atoms with van der Waals surface area (Å²) in [6.07, 6.45) is 3.17. The Hall–Kier alpha value is -1.77. The number of rotatable bonds is 5. The zero-order chi connectivity index (χ0) is 13.0. The van der Waals surface area contributed by atoms with Gasteiger partial charge in [-0.05, 0) is 31.4 Å². The van der Waals surface area contributed by atoms with E-state index in [1.54, 1.807) is 0 Å². The molecule has 3 nitrogen and oxygen atoms in total. The van der Waals surface area contributed by atoms with E-state index in [2.05, 4.69) is 59.2 Å². The fourth-order valence-electron chi connectivity index (χ4n) is 2.21. The van der Waals surface area contributed by atoms with Crippen molar-refractivity contribution in [1.82, 2.24) is 9.55 Å². The molecule has 2 aromatic rings. The maximum Gasteiger partial charge on any atom is 0.203 e. The fourth-order valence-corrected chi connectivity index (χ4v) is 2.21. The number of anilines is 1. The van der Waals surface area contributed by atoms with E-state index in [1.807, 2.05) is 6.92 Å². The van der Waals surface area contributed by atoms with Gasteiger partial charge in [-0.25, -0.2) is 4.98 Å². The maximum atomic E-state index is 4.50. The lowest BCUT2D eigenvalue weighted by Crippen LogP contribution is -2.08. The molecule has 0 fully saturated rings. The summed E-state index contributed by atoms with van der Waals surface area (Å²) in [5.74, 6) is 0.959. The summed E-state index contributed by atoms with van der Waals surface area (Å²) in [6, 6.07) is 8.60. The summed E-state index contributed by atoms with van der Waals surface area (Å²) >= 11 is 0. The van der Waals surface area contributed by atoms with Crippen molar-refractivity contribution < 1.29 is 0 Å². The van der Waals surface area contributed by atoms with Crippen LogP contribution in [0.3, 0.4) is 0 Å². The van der Waals surface area contributed by atoms with Gasteiger partial charge in [0.25, 0.3) is 0 Å². The second-order valence-electron chi connectivity index (χ2n) is 4.49. The first kappa shape index (κ1) is 12.7. The van der Waals surface area contributed by atoms with E-state index in [-0.39, 0.29) is 0 Å². The number of hydrogen-bond donors (Lipinski definition) is 1. The molecule has 1 N–H and O–H groups in total. The first-order valence-electron chi connectivity index (χ1n) is 6.59. The van der Waals surface area contributed by atoms with Crippen LogP contribution in [0.2, 0.25) is 0 Å². The Balaban J connectivity index is 2.27. The minimum atomic E-state index is 0.882. The molecule has 0 aliphatic rings. The third kappa shape index (κ3) is 2.73. The van der Waals surface area contributed by atoms with Gasteiger partial charge in [-0.3, -0.25) is 0 Å². The van der Waals surface area contributed by atoms with Gasteiger partial charge in [-0.2, -0.15) is 0 Å². The molecule has 1 heterocycles. The zero-order valence-corrected chi connectivity index (χ0v) is 11.4. The molecule has 3 heteroatoms. The molecule has 0 spiro atoms. The highest BCUT2D eigenvalue weighted by molar-refractivity contribution is 5.33. The lowest BCUT2D eigenvalue weighted by atomic mass is 10.1. The van der Waals surface area contributed by atoms with Crippen molar-refractivity contribution in [2.45, 2.75) is 33.7 Å². The lowest BCUT2D eigenvalue weighted by molar-refractivity contribution is 0.789. The van der Waals surface area contributed by atoms with Gasteiger partial charge in [0.05, 0.1) is 12.2 Å². The smallest absolute Gasteiger partial charge is 0.203 e. The van der Waals surface area contributed by atoms with Gasteiger partial charge < -0.3 is 9.88 Å². The second kappa shape index (κ2) is 5.71. The molecule has 0 aliphatic heterocycles. The Bertz CT molecular complexity index is 514. The second-order valence-corrected chi connectivity index (χ2v) is 4.49. The maximum absolute atomic E-state index is 4.50. The molecule has 1 aromatic carbocycles. The average Bonchev–Trinajstić information content (AvgIpc) is 2.71. The number of benzene rings is 1. The van der Waals surface area contributed by atoms with Crippen molar-refractivity contribution >= 4 is 5.95 Å². The van der Waals surface area contributed by atoms with E-state index < -0.39 is 0 Å². The number of nitrogens with one attached hydrogen (secondary N) is 1. The Labute approximate surface area is 109 Å². The first-order valence-corrected chi connectivity index (χ1v) is 6.59. The Morgan fingerprint density at radius 1 is 1.17 bits per heavy atom. The molecular formula is C15H21N3. The topological polar surface area (TPSA) is 29.9 Å². The van der Waals surface area contributed by atoms with Crippen LogP contribution in [0.4, 0.5) is 5.95 Å². The van der Waals surface area contributed by atoms with Gasteiger partial charge >= 0.3 is 0 Å². The van der Waals surface area contributed by atoms with Crippen molar-refractivity contribution in [2.75, 3.05) is 11.9 Å². The predicted molar refractivity (Wildman–Crippen MR) is 76.0 cm³/mol. The van der Waals surface area contributed by atoms with Gasteiger partial charge in [0.1, 0.15) is 0 Å². The molecule has 0 radical (unpaired) electrons. The number of hydrogen-bond acceptors (Lipinski definition) is 2. The van der Waals surface area contributed by atoms with Crippen molar-refractivity contribution in [3.63, 3.8) is 0 Å². The normalized spacial score (nSPS) is 10.6. The SMILES string of the molecule is CCNc1nc(C)cn1Cc1ccccc1CC. The molecule has 0 saturated heterocycles. The molecule has 0 amide bonds. The molecule has 0 atom stereocenters. The Morgan fingerprint density at radius 3 is 2.56 bits per heavy atom. The number of aryl methyl sites for hydroxylation is 2. The van der Waals surface area contributed by atoms with Crippen molar-refractivity contribution in [3.05, 3.63) is 47.3 Å². The van der Waals surface area contributed by atoms with Crippen LogP contribution in [0.25, 0.3) is 0 Å². The monoisotopic (exact) mass is 243 g/mol. The van der Waals surface area contributed by atoms with Gasteiger partial charge in [0.2, 0.25) is 5.95 Å². The summed E-state index contributed by atoms with van der Waals surface area (Å²) < 4.78 is 2.19. The van der Waals surface area contributed by atoms with Crippen LogP contribution in [0, 0.1) is 6.92 Å². The molecule has 0 aliphatic carbocycles. The van der Waals surface area contributed by atoms with Gasteiger partial charge in [-0.15, -0.1) is 0 Å². The van der Waals surface area contributed by atoms with Gasteiger partial charge in [-0.1, -0.05) is 31.2 Å². The first-order chi connectivity index (χ1) is 8.74. The lowest BCUT2D eigenvalue weighted by Gasteiger charge is -2.11. The minimum absolute atomic E-state index is 0.882. The van der Waals surface area contributed by atoms with Crippen molar-refractivity contribution in [3.8, 4) is 0 Å². The van der Waals surface area contributed by atoms with Crippen molar-refractivity contribution in [1.29, 1.82) is 0 Å². The summed E-state index contributed by atoms with van der Waals surface area (Å²) in [4.78, 5) is 4.50. The van der Waals surface area contributed by atoms with E-state index in [9.17, 15) is 0 Å². The average molecular weight is 243 g/mol. The van der Waals surface area contributed by atoms with Gasteiger partial charge in [0, 0.05) is 12.7 Å². The van der Waals surface area contributed by atoms with E-state index >= 15 is 0 Å². The minimum Gasteiger partial charge on any atom is -0.356 e. The largest absolute Gasteiger partial charge is 0.356 e. The fraction of sp³-hybridized carbons (Fsp3) is 0.400. The summed E-state index contributed by atoms with van der Waals surface area (Å²) in [5, 5.41) is 3.31. The van der Waals surface area contributed by atoms with Crippen LogP contribution >= 0.6 is 0 Å². The molecule has 0 saturated carbocycles.